The average molecular weight is 282 g/mol. The van der Waals surface area contributed by atoms with E-state index in [0.717, 1.165) is 12.3 Å². The van der Waals surface area contributed by atoms with E-state index in [1.54, 1.807) is 0 Å². The molecule has 0 aliphatic rings. The first-order valence-corrected chi connectivity index (χ1v) is 5.19. The molecule has 1 heterocycles. The Morgan fingerprint density at radius 2 is 2.25 bits per heavy atom. The van der Waals surface area contributed by atoms with E-state index in [4.69, 9.17) is 9.84 Å². The molecule has 0 bridgehead atoms. The number of hydrogen-bond acceptors (Lipinski definition) is 6. The van der Waals surface area contributed by atoms with Crippen LogP contribution in [0.25, 0.3) is 0 Å². The third-order valence-corrected chi connectivity index (χ3v) is 2.35. The Morgan fingerprint density at radius 3 is 2.80 bits per heavy atom. The number of carbonyl (C=O) groups is 1. The Bertz CT molecular complexity index is 696. The molecular weight excluding hydrogens is 275 g/mol. The number of halogens is 1. The third kappa shape index (κ3) is 2.55. The van der Waals surface area contributed by atoms with E-state index < -0.39 is 34.2 Å². The summed E-state index contributed by atoms with van der Waals surface area (Å²) in [7, 11) is 0. The monoisotopic (exact) mass is 282 g/mol. The van der Waals surface area contributed by atoms with Crippen LogP contribution < -0.4 is 4.74 Å². The number of carboxylic acid groups (broad SMARTS) is 1. The van der Waals surface area contributed by atoms with Crippen molar-refractivity contribution < 1.29 is 28.4 Å². The van der Waals surface area contributed by atoms with Crippen LogP contribution in [0.4, 0.5) is 10.1 Å². The Morgan fingerprint density at radius 1 is 1.55 bits per heavy atom. The van der Waals surface area contributed by atoms with Gasteiger partial charge in [0.1, 0.15) is 6.26 Å². The number of benzene rings is 1. The highest BCUT2D eigenvalue weighted by Gasteiger charge is 2.19. The van der Waals surface area contributed by atoms with Crippen molar-refractivity contribution in [1.82, 2.24) is 4.98 Å². The van der Waals surface area contributed by atoms with E-state index in [1.807, 2.05) is 0 Å². The minimum absolute atomic E-state index is 0.177. The summed E-state index contributed by atoms with van der Waals surface area (Å²) in [4.78, 5) is 23.9. The topological polar surface area (TPSA) is 116 Å². The lowest BCUT2D eigenvalue weighted by atomic mass is 10.2. The summed E-state index contributed by atoms with van der Waals surface area (Å²) in [6, 6.07) is 1.80. The molecule has 104 valence electrons. The molecule has 0 saturated heterocycles. The quantitative estimate of drug-likeness (QED) is 0.676. The summed E-state index contributed by atoms with van der Waals surface area (Å²) in [5.74, 6) is -2.67. The number of aromatic carboxylic acids is 1. The first-order valence-electron chi connectivity index (χ1n) is 5.19. The van der Waals surface area contributed by atoms with Gasteiger partial charge in [-0.1, -0.05) is 0 Å². The average Bonchev–Trinajstić information content (AvgIpc) is 2.81. The lowest BCUT2D eigenvalue weighted by Gasteiger charge is -2.04. The van der Waals surface area contributed by atoms with Gasteiger partial charge >= 0.3 is 12.0 Å². The van der Waals surface area contributed by atoms with Crippen LogP contribution in [-0.4, -0.2) is 21.0 Å². The zero-order valence-electron chi connectivity index (χ0n) is 9.99. The molecule has 0 atom stereocenters. The third-order valence-electron chi connectivity index (χ3n) is 2.35. The van der Waals surface area contributed by atoms with Crippen molar-refractivity contribution in [1.29, 1.82) is 0 Å². The van der Waals surface area contributed by atoms with Gasteiger partial charge in [0.05, 0.1) is 11.0 Å². The molecule has 0 fully saturated rings. The standard InChI is InChI=1S/C11H7FN2O6/c1-5-2-9(6(12)3-8(5)14(17)18)20-11-13-7(4-19-11)10(15)16/h2-4H,1H3,(H,15,16). The molecule has 0 unspecified atom stereocenters. The van der Waals surface area contributed by atoms with E-state index in [9.17, 15) is 19.3 Å². The summed E-state index contributed by atoms with van der Waals surface area (Å²) in [5.41, 5.74) is -0.621. The Balaban J connectivity index is 2.31. The van der Waals surface area contributed by atoms with Crippen LogP contribution in [0.5, 0.6) is 11.8 Å². The van der Waals surface area contributed by atoms with Crippen molar-refractivity contribution in [2.75, 3.05) is 0 Å². The Labute approximate surface area is 110 Å². The van der Waals surface area contributed by atoms with Crippen LogP contribution >= 0.6 is 0 Å². The summed E-state index contributed by atoms with van der Waals surface area (Å²) < 4.78 is 23.2. The van der Waals surface area contributed by atoms with E-state index in [1.165, 1.54) is 6.92 Å². The molecule has 2 aromatic rings. The molecule has 2 rings (SSSR count). The SMILES string of the molecule is Cc1cc(Oc2nc(C(=O)O)co2)c(F)cc1[N+](=O)[O-]. The second kappa shape index (κ2) is 4.96. The maximum Gasteiger partial charge on any atom is 0.400 e. The zero-order chi connectivity index (χ0) is 14.9. The van der Waals surface area contributed by atoms with Gasteiger partial charge in [-0.05, 0) is 13.0 Å². The maximum atomic E-state index is 13.6. The Hall–Kier alpha value is -2.97. The van der Waals surface area contributed by atoms with Crippen molar-refractivity contribution in [3.63, 3.8) is 0 Å². The van der Waals surface area contributed by atoms with Crippen molar-refractivity contribution >= 4 is 11.7 Å². The molecule has 1 aromatic heterocycles. The lowest BCUT2D eigenvalue weighted by Crippen LogP contribution is -1.97. The largest absolute Gasteiger partial charge is 0.476 e. The fraction of sp³-hybridized carbons (Fsp3) is 0.0909. The van der Waals surface area contributed by atoms with Gasteiger partial charge in [-0.15, -0.1) is 0 Å². The van der Waals surface area contributed by atoms with Crippen LogP contribution in [0.3, 0.4) is 0 Å². The molecule has 0 saturated carbocycles. The Kier molecular flexibility index (Phi) is 3.34. The maximum absolute atomic E-state index is 13.6. The summed E-state index contributed by atoms with van der Waals surface area (Å²) in [5, 5.41) is 19.3. The predicted octanol–water partition coefficient (Wildman–Crippen LogP) is 2.52. The smallest absolute Gasteiger partial charge is 0.400 e. The molecule has 0 aliphatic carbocycles. The number of aryl methyl sites for hydroxylation is 1. The number of aromatic nitrogens is 1. The van der Waals surface area contributed by atoms with Gasteiger partial charge in [-0.2, -0.15) is 4.98 Å². The first-order chi connectivity index (χ1) is 9.38. The van der Waals surface area contributed by atoms with Crippen molar-refractivity contribution in [3.8, 4) is 11.8 Å². The van der Waals surface area contributed by atoms with Gasteiger partial charge in [0.2, 0.25) is 0 Å². The van der Waals surface area contributed by atoms with Gasteiger partial charge in [0, 0.05) is 5.56 Å². The van der Waals surface area contributed by atoms with Gasteiger partial charge in [0.25, 0.3) is 5.69 Å². The molecule has 0 amide bonds. The van der Waals surface area contributed by atoms with Crippen molar-refractivity contribution in [3.05, 3.63) is 45.6 Å². The highest BCUT2D eigenvalue weighted by Crippen LogP contribution is 2.30. The fourth-order valence-corrected chi connectivity index (χ4v) is 1.42. The zero-order valence-corrected chi connectivity index (χ0v) is 9.99. The summed E-state index contributed by atoms with van der Waals surface area (Å²) >= 11 is 0. The number of nitrogens with zero attached hydrogens (tertiary/aromatic N) is 2. The minimum atomic E-state index is -1.33. The number of carboxylic acids is 1. The number of nitro groups is 1. The molecular formula is C11H7FN2O6. The fourth-order valence-electron chi connectivity index (χ4n) is 1.42. The van der Waals surface area contributed by atoms with Crippen LogP contribution in [0.15, 0.2) is 22.8 Å². The minimum Gasteiger partial charge on any atom is -0.476 e. The molecule has 0 spiro atoms. The molecule has 9 heteroatoms. The van der Waals surface area contributed by atoms with Gasteiger partial charge in [-0.25, -0.2) is 9.18 Å². The normalized spacial score (nSPS) is 10.3. The molecule has 1 N–H and O–H groups in total. The molecule has 0 aliphatic heterocycles. The van der Waals surface area contributed by atoms with E-state index in [2.05, 4.69) is 9.40 Å². The highest BCUT2D eigenvalue weighted by molar-refractivity contribution is 5.84. The second-order valence-corrected chi connectivity index (χ2v) is 3.73. The number of ether oxygens (including phenoxy) is 1. The number of rotatable bonds is 4. The molecule has 8 nitrogen and oxygen atoms in total. The van der Waals surface area contributed by atoms with Crippen molar-refractivity contribution in [2.45, 2.75) is 6.92 Å². The number of hydrogen-bond donors (Lipinski definition) is 1. The van der Waals surface area contributed by atoms with Gasteiger partial charge in [-0.3, -0.25) is 10.1 Å². The second-order valence-electron chi connectivity index (χ2n) is 3.73. The molecule has 0 radical (unpaired) electrons. The predicted molar refractivity (Wildman–Crippen MR) is 61.3 cm³/mol. The van der Waals surface area contributed by atoms with Crippen LogP contribution in [0.1, 0.15) is 16.1 Å². The van der Waals surface area contributed by atoms with Gasteiger partial charge in [0.15, 0.2) is 17.3 Å². The highest BCUT2D eigenvalue weighted by atomic mass is 19.1. The molecule has 20 heavy (non-hydrogen) atoms. The van der Waals surface area contributed by atoms with Gasteiger partial charge < -0.3 is 14.3 Å². The van der Waals surface area contributed by atoms with E-state index in [0.29, 0.717) is 6.07 Å². The first kappa shape index (κ1) is 13.5. The lowest BCUT2D eigenvalue weighted by molar-refractivity contribution is -0.385. The van der Waals surface area contributed by atoms with Crippen LogP contribution in [-0.2, 0) is 0 Å². The van der Waals surface area contributed by atoms with Crippen molar-refractivity contribution in [2.24, 2.45) is 0 Å². The van der Waals surface area contributed by atoms with Crippen LogP contribution in [0.2, 0.25) is 0 Å². The number of oxazole rings is 1. The van der Waals surface area contributed by atoms with Crippen LogP contribution in [0, 0.1) is 22.9 Å². The van der Waals surface area contributed by atoms with E-state index in [-0.39, 0.29) is 11.3 Å². The van der Waals surface area contributed by atoms with E-state index >= 15 is 0 Å². The molecule has 1 aromatic carbocycles. The summed E-state index contributed by atoms with van der Waals surface area (Å²) in [6.07, 6.45) is 0.350. The summed E-state index contributed by atoms with van der Waals surface area (Å²) in [6.45, 7) is 1.41. The number of nitro benzene ring substituents is 1.